The maximum Gasteiger partial charge on any atom is 0.213 e. The molecule has 3 aromatic rings. The molecule has 112 valence electrons. The first-order valence-electron chi connectivity index (χ1n) is 6.74. The van der Waals surface area contributed by atoms with Crippen molar-refractivity contribution in [2.24, 2.45) is 5.73 Å². The number of aromatic nitrogens is 3. The maximum absolute atomic E-state index is 13.6. The Morgan fingerprint density at radius 1 is 1.18 bits per heavy atom. The third-order valence-corrected chi connectivity index (χ3v) is 3.30. The monoisotopic (exact) mass is 298 g/mol. The lowest BCUT2D eigenvalue weighted by molar-refractivity contribution is 0.397. The lowest BCUT2D eigenvalue weighted by atomic mass is 10.1. The number of hydrogen-bond acceptors (Lipinski definition) is 4. The smallest absolute Gasteiger partial charge is 0.213 e. The van der Waals surface area contributed by atoms with Gasteiger partial charge in [0.1, 0.15) is 5.82 Å². The van der Waals surface area contributed by atoms with Crippen molar-refractivity contribution in [1.82, 2.24) is 14.8 Å². The first-order chi connectivity index (χ1) is 10.7. The van der Waals surface area contributed by atoms with Crippen molar-refractivity contribution in [3.63, 3.8) is 0 Å². The van der Waals surface area contributed by atoms with Crippen LogP contribution in [0, 0.1) is 5.82 Å². The molecule has 0 unspecified atom stereocenters. The molecule has 2 N–H and O–H groups in total. The van der Waals surface area contributed by atoms with E-state index in [0.717, 1.165) is 22.4 Å². The van der Waals surface area contributed by atoms with E-state index in [1.807, 2.05) is 18.3 Å². The van der Waals surface area contributed by atoms with E-state index >= 15 is 0 Å². The summed E-state index contributed by atoms with van der Waals surface area (Å²) >= 11 is 0. The van der Waals surface area contributed by atoms with Crippen LogP contribution in [-0.4, -0.2) is 21.9 Å². The third kappa shape index (κ3) is 2.82. The first-order valence-corrected chi connectivity index (χ1v) is 6.74. The Labute approximate surface area is 127 Å². The summed E-state index contributed by atoms with van der Waals surface area (Å²) in [5, 5.41) is 4.29. The largest absolute Gasteiger partial charge is 0.481 e. The van der Waals surface area contributed by atoms with Crippen LogP contribution in [0.1, 0.15) is 5.56 Å². The van der Waals surface area contributed by atoms with Gasteiger partial charge in [0.2, 0.25) is 5.88 Å². The molecule has 0 saturated carbocycles. The predicted octanol–water partition coefficient (Wildman–Crippen LogP) is 2.54. The first kappa shape index (κ1) is 14.2. The van der Waals surface area contributed by atoms with Crippen molar-refractivity contribution in [3.05, 3.63) is 60.3 Å². The van der Waals surface area contributed by atoms with Crippen molar-refractivity contribution >= 4 is 0 Å². The maximum atomic E-state index is 13.6. The van der Waals surface area contributed by atoms with E-state index < -0.39 is 0 Å². The van der Waals surface area contributed by atoms with Crippen LogP contribution in [0.3, 0.4) is 0 Å². The molecule has 5 nitrogen and oxygen atoms in total. The zero-order chi connectivity index (χ0) is 15.5. The highest BCUT2D eigenvalue weighted by molar-refractivity contribution is 5.63. The summed E-state index contributed by atoms with van der Waals surface area (Å²) in [6.45, 7) is 0.293. The molecule has 0 aliphatic heterocycles. The molecule has 2 heterocycles. The molecular formula is C16H15FN4O. The minimum Gasteiger partial charge on any atom is -0.481 e. The normalized spacial score (nSPS) is 10.7. The average molecular weight is 298 g/mol. The summed E-state index contributed by atoms with van der Waals surface area (Å²) in [6, 6.07) is 8.36. The van der Waals surface area contributed by atoms with Crippen molar-refractivity contribution in [2.75, 3.05) is 7.11 Å². The molecule has 0 atom stereocenters. The van der Waals surface area contributed by atoms with Gasteiger partial charge in [-0.1, -0.05) is 0 Å². The third-order valence-electron chi connectivity index (χ3n) is 3.30. The Balaban J connectivity index is 1.94. The Kier molecular flexibility index (Phi) is 3.84. The SMILES string of the molecule is COc1ccc(-n2cc(-c3cc(F)cc(CN)c3)cn2)cn1. The molecule has 1 aromatic carbocycles. The molecule has 0 aliphatic carbocycles. The van der Waals surface area contributed by atoms with Crippen LogP contribution in [0.4, 0.5) is 4.39 Å². The number of hydrogen-bond donors (Lipinski definition) is 1. The number of pyridine rings is 1. The van der Waals surface area contributed by atoms with E-state index in [1.165, 1.54) is 12.1 Å². The molecule has 0 spiro atoms. The van der Waals surface area contributed by atoms with E-state index in [0.29, 0.717) is 12.4 Å². The number of ether oxygens (including phenoxy) is 1. The number of halogens is 1. The average Bonchev–Trinajstić information content (AvgIpc) is 3.04. The van der Waals surface area contributed by atoms with Crippen LogP contribution in [-0.2, 0) is 6.54 Å². The number of nitrogens with zero attached hydrogens (tertiary/aromatic N) is 3. The van der Waals surface area contributed by atoms with Gasteiger partial charge in [-0.2, -0.15) is 5.10 Å². The number of benzene rings is 1. The van der Waals surface area contributed by atoms with Gasteiger partial charge in [0.25, 0.3) is 0 Å². The van der Waals surface area contributed by atoms with Crippen molar-refractivity contribution in [2.45, 2.75) is 6.54 Å². The highest BCUT2D eigenvalue weighted by atomic mass is 19.1. The lowest BCUT2D eigenvalue weighted by Gasteiger charge is -2.03. The zero-order valence-corrected chi connectivity index (χ0v) is 12.0. The van der Waals surface area contributed by atoms with Crippen LogP contribution in [0.25, 0.3) is 16.8 Å². The molecule has 22 heavy (non-hydrogen) atoms. The standard InChI is InChI=1S/C16H15FN4O/c1-22-16-3-2-15(9-19-16)21-10-13(8-20-21)12-4-11(7-18)5-14(17)6-12/h2-6,8-10H,7,18H2,1H3. The van der Waals surface area contributed by atoms with Crippen molar-refractivity contribution < 1.29 is 9.13 Å². The van der Waals surface area contributed by atoms with Gasteiger partial charge in [0.05, 0.1) is 25.2 Å². The Bertz CT molecular complexity index is 783. The van der Waals surface area contributed by atoms with Gasteiger partial charge in [0, 0.05) is 24.4 Å². The van der Waals surface area contributed by atoms with E-state index in [9.17, 15) is 4.39 Å². The van der Waals surface area contributed by atoms with Crippen LogP contribution in [0.15, 0.2) is 48.9 Å². The van der Waals surface area contributed by atoms with Crippen LogP contribution >= 0.6 is 0 Å². The van der Waals surface area contributed by atoms with Crippen LogP contribution in [0.2, 0.25) is 0 Å². The van der Waals surface area contributed by atoms with Gasteiger partial charge < -0.3 is 10.5 Å². The summed E-state index contributed by atoms with van der Waals surface area (Å²) in [4.78, 5) is 4.14. The van der Waals surface area contributed by atoms with Crippen LogP contribution in [0.5, 0.6) is 5.88 Å². The molecule has 0 amide bonds. The van der Waals surface area contributed by atoms with Gasteiger partial charge in [-0.05, 0) is 35.4 Å². The summed E-state index contributed by atoms with van der Waals surface area (Å²) < 4.78 is 20.3. The Morgan fingerprint density at radius 3 is 2.73 bits per heavy atom. The highest BCUT2D eigenvalue weighted by Gasteiger charge is 2.07. The van der Waals surface area contributed by atoms with Gasteiger partial charge in [-0.15, -0.1) is 0 Å². The molecule has 2 aromatic heterocycles. The van der Waals surface area contributed by atoms with E-state index in [1.54, 1.807) is 30.3 Å². The fourth-order valence-electron chi connectivity index (χ4n) is 2.18. The van der Waals surface area contributed by atoms with Gasteiger partial charge in [0.15, 0.2) is 0 Å². The van der Waals surface area contributed by atoms with Crippen molar-refractivity contribution in [3.8, 4) is 22.7 Å². The topological polar surface area (TPSA) is 66.0 Å². The molecule has 0 saturated heterocycles. The molecular weight excluding hydrogens is 283 g/mol. The number of methoxy groups -OCH3 is 1. The highest BCUT2D eigenvalue weighted by Crippen LogP contribution is 2.23. The Hall–Kier alpha value is -2.73. The minimum atomic E-state index is -0.309. The lowest BCUT2D eigenvalue weighted by Crippen LogP contribution is -1.97. The molecule has 0 radical (unpaired) electrons. The number of rotatable bonds is 4. The molecule has 3 rings (SSSR count). The second-order valence-corrected chi connectivity index (χ2v) is 4.78. The van der Waals surface area contributed by atoms with Gasteiger partial charge >= 0.3 is 0 Å². The summed E-state index contributed by atoms with van der Waals surface area (Å²) in [6.07, 6.45) is 5.16. The minimum absolute atomic E-state index is 0.293. The summed E-state index contributed by atoms with van der Waals surface area (Å²) in [7, 11) is 1.56. The molecule has 0 bridgehead atoms. The molecule has 0 aliphatic rings. The zero-order valence-electron chi connectivity index (χ0n) is 12.0. The Morgan fingerprint density at radius 2 is 2.05 bits per heavy atom. The second kappa shape index (κ2) is 5.95. The second-order valence-electron chi connectivity index (χ2n) is 4.78. The molecule has 6 heteroatoms. The van der Waals surface area contributed by atoms with Crippen molar-refractivity contribution in [1.29, 1.82) is 0 Å². The fraction of sp³-hybridized carbons (Fsp3) is 0.125. The van der Waals surface area contributed by atoms with E-state index in [2.05, 4.69) is 10.1 Å². The van der Waals surface area contributed by atoms with Gasteiger partial charge in [-0.3, -0.25) is 0 Å². The van der Waals surface area contributed by atoms with Gasteiger partial charge in [-0.25, -0.2) is 14.1 Å². The summed E-state index contributed by atoms with van der Waals surface area (Å²) in [5.41, 5.74) is 8.67. The quantitative estimate of drug-likeness (QED) is 0.804. The predicted molar refractivity (Wildman–Crippen MR) is 81.2 cm³/mol. The number of nitrogens with two attached hydrogens (primary N) is 1. The molecule has 0 fully saturated rings. The summed E-state index contributed by atoms with van der Waals surface area (Å²) in [5.74, 6) is 0.227. The van der Waals surface area contributed by atoms with Crippen LogP contribution < -0.4 is 10.5 Å². The fourth-order valence-corrected chi connectivity index (χ4v) is 2.18. The van der Waals surface area contributed by atoms with E-state index in [4.69, 9.17) is 10.5 Å². The van der Waals surface area contributed by atoms with E-state index in [-0.39, 0.29) is 5.82 Å².